The van der Waals surface area contributed by atoms with E-state index < -0.39 is 0 Å². The molecule has 0 aliphatic carbocycles. The molecule has 1 amide bonds. The zero-order valence-corrected chi connectivity index (χ0v) is 11.8. The molecule has 0 atom stereocenters. The van der Waals surface area contributed by atoms with Crippen LogP contribution in [0.1, 0.15) is 16.2 Å². The second-order valence-corrected chi connectivity index (χ2v) is 5.14. The van der Waals surface area contributed by atoms with E-state index in [-0.39, 0.29) is 5.91 Å². The number of nitrogens with one attached hydrogen (secondary N) is 1. The summed E-state index contributed by atoms with van der Waals surface area (Å²) in [5, 5.41) is 7.91. The van der Waals surface area contributed by atoms with Gasteiger partial charge in [-0.15, -0.1) is 0 Å². The highest BCUT2D eigenvalue weighted by Crippen LogP contribution is 2.23. The van der Waals surface area contributed by atoms with Crippen LogP contribution in [0.3, 0.4) is 0 Å². The van der Waals surface area contributed by atoms with Crippen molar-refractivity contribution in [3.8, 4) is 5.75 Å². The number of carbonyl (C=O) groups is 1. The lowest BCUT2D eigenvalue weighted by Gasteiger charge is -2.18. The Bertz CT molecular complexity index is 843. The second kappa shape index (κ2) is 5.14. The van der Waals surface area contributed by atoms with Crippen LogP contribution in [0.15, 0.2) is 42.6 Å². The largest absolute Gasteiger partial charge is 0.490 e. The minimum Gasteiger partial charge on any atom is -0.490 e. The molecule has 6 nitrogen and oxygen atoms in total. The Morgan fingerprint density at radius 2 is 2.14 bits per heavy atom. The highest BCUT2D eigenvalue weighted by atomic mass is 16.5. The number of ether oxygens (including phenoxy) is 1. The third-order valence-electron chi connectivity index (χ3n) is 3.77. The van der Waals surface area contributed by atoms with Crippen LogP contribution in [0.4, 0.5) is 0 Å². The maximum Gasteiger partial charge on any atom is 0.275 e. The monoisotopic (exact) mass is 294 g/mol. The molecule has 0 unspecified atom stereocenters. The molecule has 1 aliphatic heterocycles. The van der Waals surface area contributed by atoms with E-state index in [1.807, 2.05) is 36.4 Å². The second-order valence-electron chi connectivity index (χ2n) is 5.14. The van der Waals surface area contributed by atoms with Crippen molar-refractivity contribution in [1.29, 1.82) is 0 Å². The van der Waals surface area contributed by atoms with E-state index in [1.54, 1.807) is 11.1 Å². The molecule has 0 saturated carbocycles. The highest BCUT2D eigenvalue weighted by molar-refractivity contribution is 6.04. The van der Waals surface area contributed by atoms with Gasteiger partial charge in [0.25, 0.3) is 5.91 Å². The van der Waals surface area contributed by atoms with E-state index in [0.717, 1.165) is 22.3 Å². The van der Waals surface area contributed by atoms with Gasteiger partial charge in [-0.3, -0.25) is 14.9 Å². The summed E-state index contributed by atoms with van der Waals surface area (Å²) in [4.78, 5) is 18.8. The Morgan fingerprint density at radius 1 is 1.23 bits per heavy atom. The predicted octanol–water partition coefficient (Wildman–Crippen LogP) is 1.99. The van der Waals surface area contributed by atoms with E-state index in [1.165, 1.54) is 0 Å². The maximum atomic E-state index is 12.8. The SMILES string of the molecule is O=C(c1n[nH]c2ccccc12)N1CCOc2cccnc2C1. The van der Waals surface area contributed by atoms with E-state index in [2.05, 4.69) is 15.2 Å². The highest BCUT2D eigenvalue weighted by Gasteiger charge is 2.24. The van der Waals surface area contributed by atoms with Gasteiger partial charge in [-0.05, 0) is 18.2 Å². The van der Waals surface area contributed by atoms with Crippen molar-refractivity contribution in [2.24, 2.45) is 0 Å². The van der Waals surface area contributed by atoms with Gasteiger partial charge in [0.15, 0.2) is 5.69 Å². The van der Waals surface area contributed by atoms with Crippen molar-refractivity contribution in [1.82, 2.24) is 20.1 Å². The van der Waals surface area contributed by atoms with Gasteiger partial charge in [-0.1, -0.05) is 18.2 Å². The van der Waals surface area contributed by atoms with Crippen LogP contribution in [0.25, 0.3) is 10.9 Å². The number of para-hydroxylation sites is 1. The first-order valence-corrected chi connectivity index (χ1v) is 7.12. The Labute approximate surface area is 126 Å². The predicted molar refractivity (Wildman–Crippen MR) is 80.6 cm³/mol. The van der Waals surface area contributed by atoms with Crippen molar-refractivity contribution in [3.05, 3.63) is 54.0 Å². The zero-order valence-electron chi connectivity index (χ0n) is 11.8. The molecule has 3 aromatic rings. The normalized spacial score (nSPS) is 14.3. The minimum atomic E-state index is -0.112. The Kier molecular flexibility index (Phi) is 3.00. The van der Waals surface area contributed by atoms with E-state index in [9.17, 15) is 4.79 Å². The standard InChI is InChI=1S/C16H14N4O2/c21-16(15-11-4-1-2-5-12(11)18-19-15)20-8-9-22-14-6-3-7-17-13(14)10-20/h1-7H,8-10H2,(H,18,19). The first-order valence-electron chi connectivity index (χ1n) is 7.12. The topological polar surface area (TPSA) is 71.1 Å². The van der Waals surface area contributed by atoms with Crippen molar-refractivity contribution < 1.29 is 9.53 Å². The third kappa shape index (κ3) is 2.09. The Balaban J connectivity index is 1.68. The number of aromatic nitrogens is 3. The fourth-order valence-electron chi connectivity index (χ4n) is 2.65. The number of rotatable bonds is 1. The first-order chi connectivity index (χ1) is 10.8. The van der Waals surface area contributed by atoms with Crippen molar-refractivity contribution in [2.45, 2.75) is 6.54 Å². The minimum absolute atomic E-state index is 0.112. The molecule has 22 heavy (non-hydrogen) atoms. The molecular formula is C16H14N4O2. The molecule has 110 valence electrons. The van der Waals surface area contributed by atoms with Crippen LogP contribution < -0.4 is 4.74 Å². The first kappa shape index (κ1) is 12.8. The number of hydrogen-bond acceptors (Lipinski definition) is 4. The van der Waals surface area contributed by atoms with Gasteiger partial charge in [-0.25, -0.2) is 0 Å². The summed E-state index contributed by atoms with van der Waals surface area (Å²) in [6.07, 6.45) is 1.71. The molecule has 4 rings (SSSR count). The number of amides is 1. The Morgan fingerprint density at radius 3 is 3.09 bits per heavy atom. The maximum absolute atomic E-state index is 12.8. The molecule has 1 N–H and O–H groups in total. The molecule has 1 aromatic carbocycles. The van der Waals surface area contributed by atoms with Gasteiger partial charge in [0, 0.05) is 11.6 Å². The molecule has 3 heterocycles. The van der Waals surface area contributed by atoms with Crippen molar-refractivity contribution in [3.63, 3.8) is 0 Å². The average Bonchev–Trinajstić information content (AvgIpc) is 2.86. The van der Waals surface area contributed by atoms with E-state index in [0.29, 0.717) is 25.4 Å². The number of carbonyl (C=O) groups excluding carboxylic acids is 1. The summed E-state index contributed by atoms with van der Waals surface area (Å²) in [6.45, 7) is 1.39. The summed E-state index contributed by atoms with van der Waals surface area (Å²) in [5.41, 5.74) is 2.07. The van der Waals surface area contributed by atoms with Gasteiger partial charge in [0.2, 0.25) is 0 Å². The summed E-state index contributed by atoms with van der Waals surface area (Å²) in [5.74, 6) is 0.629. The summed E-state index contributed by atoms with van der Waals surface area (Å²) in [7, 11) is 0. The van der Waals surface area contributed by atoms with Crippen LogP contribution >= 0.6 is 0 Å². The smallest absolute Gasteiger partial charge is 0.275 e. The van der Waals surface area contributed by atoms with Gasteiger partial charge >= 0.3 is 0 Å². The number of hydrogen-bond donors (Lipinski definition) is 1. The van der Waals surface area contributed by atoms with Crippen LogP contribution in [0.5, 0.6) is 5.75 Å². The van der Waals surface area contributed by atoms with Crippen molar-refractivity contribution in [2.75, 3.05) is 13.2 Å². The van der Waals surface area contributed by atoms with Gasteiger partial charge in [0.1, 0.15) is 18.1 Å². The molecule has 6 heteroatoms. The van der Waals surface area contributed by atoms with Crippen LogP contribution in [0.2, 0.25) is 0 Å². The molecule has 2 aromatic heterocycles. The van der Waals surface area contributed by atoms with Gasteiger partial charge in [-0.2, -0.15) is 5.10 Å². The lowest BCUT2D eigenvalue weighted by Crippen LogP contribution is -2.33. The number of aromatic amines is 1. The number of H-pyrrole nitrogens is 1. The third-order valence-corrected chi connectivity index (χ3v) is 3.77. The van der Waals surface area contributed by atoms with Gasteiger partial charge in [0.05, 0.1) is 18.6 Å². The number of pyridine rings is 1. The van der Waals surface area contributed by atoms with E-state index in [4.69, 9.17) is 4.74 Å². The van der Waals surface area contributed by atoms with Gasteiger partial charge < -0.3 is 9.64 Å². The van der Waals surface area contributed by atoms with Crippen molar-refractivity contribution >= 4 is 16.8 Å². The molecule has 0 saturated heterocycles. The number of benzene rings is 1. The summed E-state index contributed by atoms with van der Waals surface area (Å²) >= 11 is 0. The zero-order chi connectivity index (χ0) is 14.9. The number of nitrogens with zero attached hydrogens (tertiary/aromatic N) is 3. The van der Waals surface area contributed by atoms with Crippen LogP contribution in [-0.4, -0.2) is 39.1 Å². The van der Waals surface area contributed by atoms with E-state index >= 15 is 0 Å². The molecular weight excluding hydrogens is 280 g/mol. The fourth-order valence-corrected chi connectivity index (χ4v) is 2.65. The van der Waals surface area contributed by atoms with Crippen LogP contribution in [0, 0.1) is 0 Å². The lowest BCUT2D eigenvalue weighted by atomic mass is 10.2. The molecule has 1 aliphatic rings. The molecule has 0 bridgehead atoms. The lowest BCUT2D eigenvalue weighted by molar-refractivity contribution is 0.0728. The summed E-state index contributed by atoms with van der Waals surface area (Å²) in [6, 6.07) is 11.3. The number of fused-ring (bicyclic) bond motifs is 2. The molecule has 0 fully saturated rings. The molecule has 0 spiro atoms. The van der Waals surface area contributed by atoms with Crippen LogP contribution in [-0.2, 0) is 6.54 Å². The molecule has 0 radical (unpaired) electrons. The average molecular weight is 294 g/mol. The Hall–Kier alpha value is -2.89. The fraction of sp³-hybridized carbons (Fsp3) is 0.188. The summed E-state index contributed by atoms with van der Waals surface area (Å²) < 4.78 is 5.65. The quantitative estimate of drug-likeness (QED) is 0.745.